The molecule has 86 valence electrons. The largest absolute Gasteiger partial charge is 0.411 e. The van der Waals surface area contributed by atoms with Gasteiger partial charge in [0.15, 0.2) is 0 Å². The van der Waals surface area contributed by atoms with Crippen molar-refractivity contribution in [2.24, 2.45) is 5.16 Å². The average molecular weight is 225 g/mol. The minimum atomic E-state index is 0.0728. The number of rotatable bonds is 3. The van der Waals surface area contributed by atoms with Gasteiger partial charge in [-0.3, -0.25) is 0 Å². The topological polar surface area (TPSA) is 32.6 Å². The highest BCUT2D eigenvalue weighted by Crippen LogP contribution is 2.20. The van der Waals surface area contributed by atoms with Crippen LogP contribution in [0.4, 0.5) is 0 Å². The lowest BCUT2D eigenvalue weighted by molar-refractivity contribution is 0.317. The Labute approximate surface area is 101 Å². The van der Waals surface area contributed by atoms with E-state index in [1.165, 1.54) is 0 Å². The zero-order valence-corrected chi connectivity index (χ0v) is 9.75. The highest BCUT2D eigenvalue weighted by Gasteiger charge is 2.15. The third-order valence-electron chi connectivity index (χ3n) is 2.89. The molecule has 17 heavy (non-hydrogen) atoms. The van der Waals surface area contributed by atoms with E-state index in [-0.39, 0.29) is 5.92 Å². The molecule has 1 N–H and O–H groups in total. The van der Waals surface area contributed by atoms with Gasteiger partial charge in [0.1, 0.15) is 0 Å². The van der Waals surface area contributed by atoms with Crippen LogP contribution in [0.1, 0.15) is 24.0 Å². The van der Waals surface area contributed by atoms with Crippen molar-refractivity contribution in [2.45, 2.75) is 12.8 Å². The lowest BCUT2D eigenvalue weighted by Crippen LogP contribution is -2.11. The number of nitrogens with zero attached hydrogens (tertiary/aromatic N) is 1. The molecule has 1 atom stereocenters. The van der Waals surface area contributed by atoms with Gasteiger partial charge in [-0.15, -0.1) is 0 Å². The number of hydrogen-bond donors (Lipinski definition) is 1. The van der Waals surface area contributed by atoms with Crippen molar-refractivity contribution in [1.29, 1.82) is 0 Å². The van der Waals surface area contributed by atoms with Crippen LogP contribution in [0, 0.1) is 0 Å². The number of hydrogen-bond acceptors (Lipinski definition) is 2. The molecule has 0 aliphatic carbocycles. The molecule has 2 heteroatoms. The summed E-state index contributed by atoms with van der Waals surface area (Å²) in [5.74, 6) is 0.0728. The molecule has 2 aromatic rings. The van der Waals surface area contributed by atoms with Gasteiger partial charge in [-0.1, -0.05) is 72.7 Å². The fraction of sp³-hybridized carbons (Fsp3) is 0.133. The van der Waals surface area contributed by atoms with Crippen molar-refractivity contribution in [2.75, 3.05) is 0 Å². The van der Waals surface area contributed by atoms with E-state index in [1.54, 1.807) is 0 Å². The molecule has 0 spiro atoms. The molecule has 2 rings (SSSR count). The van der Waals surface area contributed by atoms with Gasteiger partial charge in [-0.05, 0) is 11.1 Å². The standard InChI is InChI=1S/C15H15NO/c1-12(13-8-4-2-5-9-13)15(16-17)14-10-6-3-7-11-14/h2-12,17H,1H3/b16-15-. The maximum atomic E-state index is 9.20. The van der Waals surface area contributed by atoms with E-state index < -0.39 is 0 Å². The summed E-state index contributed by atoms with van der Waals surface area (Å²) < 4.78 is 0. The monoisotopic (exact) mass is 225 g/mol. The molecule has 0 radical (unpaired) electrons. The van der Waals surface area contributed by atoms with Crippen molar-refractivity contribution in [3.63, 3.8) is 0 Å². The zero-order valence-electron chi connectivity index (χ0n) is 9.75. The van der Waals surface area contributed by atoms with Gasteiger partial charge in [0.05, 0.1) is 5.71 Å². The van der Waals surface area contributed by atoms with Crippen LogP contribution in [0.2, 0.25) is 0 Å². The van der Waals surface area contributed by atoms with Crippen LogP contribution in [-0.2, 0) is 0 Å². The van der Waals surface area contributed by atoms with E-state index in [2.05, 4.69) is 5.16 Å². The first-order valence-electron chi connectivity index (χ1n) is 5.65. The van der Waals surface area contributed by atoms with Gasteiger partial charge in [-0.25, -0.2) is 0 Å². The summed E-state index contributed by atoms with van der Waals surface area (Å²) in [5.41, 5.74) is 2.78. The summed E-state index contributed by atoms with van der Waals surface area (Å²) >= 11 is 0. The van der Waals surface area contributed by atoms with Gasteiger partial charge in [0, 0.05) is 5.92 Å². The van der Waals surface area contributed by atoms with Crippen molar-refractivity contribution < 1.29 is 5.21 Å². The molecule has 0 saturated heterocycles. The quantitative estimate of drug-likeness (QED) is 0.482. The SMILES string of the molecule is CC(/C(=N/O)c1ccccc1)c1ccccc1. The van der Waals surface area contributed by atoms with E-state index in [0.717, 1.165) is 11.1 Å². The van der Waals surface area contributed by atoms with Crippen molar-refractivity contribution in [1.82, 2.24) is 0 Å². The van der Waals surface area contributed by atoms with Gasteiger partial charge in [0.25, 0.3) is 0 Å². The molecule has 0 aliphatic rings. The fourth-order valence-electron chi connectivity index (χ4n) is 1.90. The average Bonchev–Trinajstić information content (AvgIpc) is 2.42. The Kier molecular flexibility index (Phi) is 3.55. The smallest absolute Gasteiger partial charge is 0.0939 e. The first-order chi connectivity index (χ1) is 8.33. The van der Waals surface area contributed by atoms with Crippen LogP contribution in [0.3, 0.4) is 0 Å². The maximum Gasteiger partial charge on any atom is 0.0939 e. The van der Waals surface area contributed by atoms with Gasteiger partial charge in [-0.2, -0.15) is 0 Å². The van der Waals surface area contributed by atoms with E-state index in [0.29, 0.717) is 5.71 Å². The maximum absolute atomic E-state index is 9.20. The van der Waals surface area contributed by atoms with Crippen LogP contribution in [0.5, 0.6) is 0 Å². The van der Waals surface area contributed by atoms with Gasteiger partial charge in [0.2, 0.25) is 0 Å². The van der Waals surface area contributed by atoms with E-state index >= 15 is 0 Å². The van der Waals surface area contributed by atoms with Crippen LogP contribution in [0.25, 0.3) is 0 Å². The fourth-order valence-corrected chi connectivity index (χ4v) is 1.90. The Morgan fingerprint density at radius 2 is 1.47 bits per heavy atom. The molecule has 1 unspecified atom stereocenters. The van der Waals surface area contributed by atoms with E-state index in [1.807, 2.05) is 67.6 Å². The summed E-state index contributed by atoms with van der Waals surface area (Å²) in [6, 6.07) is 19.8. The number of oxime groups is 1. The Hall–Kier alpha value is -2.09. The predicted molar refractivity (Wildman–Crippen MR) is 69.6 cm³/mol. The van der Waals surface area contributed by atoms with E-state index in [9.17, 15) is 5.21 Å². The lowest BCUT2D eigenvalue weighted by atomic mass is 9.92. The summed E-state index contributed by atoms with van der Waals surface area (Å²) in [6.07, 6.45) is 0. The second-order valence-corrected chi connectivity index (χ2v) is 3.98. The molecule has 2 nitrogen and oxygen atoms in total. The Bertz CT molecular complexity index is 491. The van der Waals surface area contributed by atoms with Crippen molar-refractivity contribution >= 4 is 5.71 Å². The Balaban J connectivity index is 2.33. The van der Waals surface area contributed by atoms with Crippen LogP contribution < -0.4 is 0 Å². The highest BCUT2D eigenvalue weighted by atomic mass is 16.4. The van der Waals surface area contributed by atoms with Crippen LogP contribution in [0.15, 0.2) is 65.8 Å². The highest BCUT2D eigenvalue weighted by molar-refractivity contribution is 6.04. The Morgan fingerprint density at radius 1 is 0.941 bits per heavy atom. The second kappa shape index (κ2) is 5.30. The minimum absolute atomic E-state index is 0.0728. The van der Waals surface area contributed by atoms with Crippen LogP contribution >= 0.6 is 0 Å². The predicted octanol–water partition coefficient (Wildman–Crippen LogP) is 3.67. The summed E-state index contributed by atoms with van der Waals surface area (Å²) in [4.78, 5) is 0. The van der Waals surface area contributed by atoms with Gasteiger partial charge < -0.3 is 5.21 Å². The molecule has 0 fully saturated rings. The molecule has 2 aromatic carbocycles. The van der Waals surface area contributed by atoms with E-state index in [4.69, 9.17) is 0 Å². The molecule has 0 bridgehead atoms. The summed E-state index contributed by atoms with van der Waals surface area (Å²) in [5, 5.41) is 12.7. The third kappa shape index (κ3) is 2.53. The first kappa shape index (κ1) is 11.4. The van der Waals surface area contributed by atoms with Gasteiger partial charge >= 0.3 is 0 Å². The first-order valence-corrected chi connectivity index (χ1v) is 5.65. The minimum Gasteiger partial charge on any atom is -0.411 e. The third-order valence-corrected chi connectivity index (χ3v) is 2.89. The molecular weight excluding hydrogens is 210 g/mol. The Morgan fingerprint density at radius 3 is 2.00 bits per heavy atom. The molecule has 0 aromatic heterocycles. The van der Waals surface area contributed by atoms with Crippen molar-refractivity contribution in [3.05, 3.63) is 71.8 Å². The summed E-state index contributed by atoms with van der Waals surface area (Å²) in [6.45, 7) is 2.04. The van der Waals surface area contributed by atoms with Crippen LogP contribution in [-0.4, -0.2) is 10.9 Å². The normalized spacial score (nSPS) is 13.4. The molecular formula is C15H15NO. The second-order valence-electron chi connectivity index (χ2n) is 3.98. The molecule has 0 heterocycles. The zero-order chi connectivity index (χ0) is 12.1. The number of benzene rings is 2. The lowest BCUT2D eigenvalue weighted by Gasteiger charge is -2.13. The molecule has 0 aliphatic heterocycles. The molecule has 0 saturated carbocycles. The van der Waals surface area contributed by atoms with Crippen molar-refractivity contribution in [3.8, 4) is 0 Å². The molecule has 0 amide bonds. The summed E-state index contributed by atoms with van der Waals surface area (Å²) in [7, 11) is 0.